The van der Waals surface area contributed by atoms with Crippen LogP contribution >= 0.6 is 0 Å². The van der Waals surface area contributed by atoms with Crippen LogP contribution < -0.4 is 0 Å². The molecule has 0 saturated heterocycles. The van der Waals surface area contributed by atoms with Crippen LogP contribution in [-0.2, 0) is 0 Å². The number of hydrogen-bond donors (Lipinski definition) is 0. The summed E-state index contributed by atoms with van der Waals surface area (Å²) in [6.45, 7) is 17.1. The maximum absolute atomic E-state index is 2.91. The number of allylic oxidation sites excluding steroid dienone is 2. The monoisotopic (exact) mass is 383 g/mol. The maximum Gasteiger partial charge on any atom is 0.122 e. The Hall–Kier alpha value is 0.134. The fourth-order valence-electron chi connectivity index (χ4n) is 3.56. The minimum atomic E-state index is -1.17. The average Bonchev–Trinajstić information content (AvgIpc) is 2.59. The molecule has 0 heterocycles. The maximum atomic E-state index is 2.91. The molecule has 0 aliphatic carbocycles. The van der Waals surface area contributed by atoms with Crippen molar-refractivity contribution in [2.75, 3.05) is 13.1 Å². The van der Waals surface area contributed by atoms with E-state index in [-0.39, 0.29) is 9.52 Å². The van der Waals surface area contributed by atoms with E-state index in [4.69, 9.17) is 0 Å². The summed E-state index contributed by atoms with van der Waals surface area (Å²) in [4.78, 5) is 0. The van der Waals surface area contributed by atoms with E-state index in [2.05, 4.69) is 51.4 Å². The first kappa shape index (κ1) is 25.1. The van der Waals surface area contributed by atoms with Crippen LogP contribution in [0.25, 0.3) is 0 Å². The van der Waals surface area contributed by atoms with Gasteiger partial charge in [0, 0.05) is 9.52 Å². The first-order valence-electron chi connectivity index (χ1n) is 11.3. The Labute approximate surface area is 164 Å². The van der Waals surface area contributed by atoms with Gasteiger partial charge >= 0.3 is 0 Å². The molecule has 1 nitrogen and oxygen atoms in total. The lowest BCUT2D eigenvalue weighted by Crippen LogP contribution is -2.49. The highest BCUT2D eigenvalue weighted by Crippen LogP contribution is 2.21. The van der Waals surface area contributed by atoms with Crippen molar-refractivity contribution in [3.63, 3.8) is 0 Å². The van der Waals surface area contributed by atoms with E-state index in [9.17, 15) is 0 Å². The molecule has 0 N–H and O–H groups in total. The second-order valence-electron chi connectivity index (χ2n) is 8.62. The van der Waals surface area contributed by atoms with Gasteiger partial charge in [0.2, 0.25) is 0 Å². The topological polar surface area (TPSA) is 3.24 Å². The average molecular weight is 384 g/mol. The molecule has 0 rings (SSSR count). The van der Waals surface area contributed by atoms with Crippen LogP contribution in [-0.4, -0.2) is 35.4 Å². The molecule has 150 valence electrons. The van der Waals surface area contributed by atoms with Crippen molar-refractivity contribution in [1.82, 2.24) is 4.57 Å². The highest BCUT2D eigenvalue weighted by atomic mass is 28.3. The van der Waals surface area contributed by atoms with Gasteiger partial charge in [-0.15, -0.1) is 0 Å². The van der Waals surface area contributed by atoms with Gasteiger partial charge in [-0.3, -0.25) is 0 Å². The van der Waals surface area contributed by atoms with Crippen LogP contribution in [0.1, 0.15) is 91.9 Å². The van der Waals surface area contributed by atoms with Crippen LogP contribution in [0.5, 0.6) is 0 Å². The Bertz CT molecular complexity index is 318. The Morgan fingerprint density at radius 2 is 1.36 bits per heavy atom. The Morgan fingerprint density at radius 1 is 0.840 bits per heavy atom. The number of hydrogen-bond acceptors (Lipinski definition) is 1. The normalized spacial score (nSPS) is 13.5. The summed E-state index contributed by atoms with van der Waals surface area (Å²) in [5, 5.41) is 1.70. The van der Waals surface area contributed by atoms with E-state index in [0.29, 0.717) is 0 Å². The Morgan fingerprint density at radius 3 is 1.88 bits per heavy atom. The quantitative estimate of drug-likeness (QED) is 0.194. The summed E-state index contributed by atoms with van der Waals surface area (Å²) in [7, 11) is -1.06. The predicted octanol–water partition coefficient (Wildman–Crippen LogP) is 6.95. The number of unbranched alkanes of at least 4 members (excludes halogenated alkanes) is 7. The molecule has 0 bridgehead atoms. The zero-order valence-electron chi connectivity index (χ0n) is 18.6. The summed E-state index contributed by atoms with van der Waals surface area (Å²) in [6.07, 6.45) is 16.6. The lowest BCUT2D eigenvalue weighted by atomic mass is 10.1. The number of rotatable bonds is 17. The predicted molar refractivity (Wildman–Crippen MR) is 124 cm³/mol. The summed E-state index contributed by atoms with van der Waals surface area (Å²) in [5.41, 5.74) is 0. The highest BCUT2D eigenvalue weighted by Gasteiger charge is 2.27. The molecule has 0 aliphatic heterocycles. The lowest BCUT2D eigenvalue weighted by molar-refractivity contribution is 0.396. The fourth-order valence-corrected chi connectivity index (χ4v) is 7.97. The molecule has 0 unspecified atom stereocenters. The molecule has 25 heavy (non-hydrogen) atoms. The van der Waals surface area contributed by atoms with Gasteiger partial charge in [-0.05, 0) is 45.8 Å². The molecule has 0 radical (unpaired) electrons. The van der Waals surface area contributed by atoms with Crippen LogP contribution in [0, 0.1) is 0 Å². The first-order valence-corrected chi connectivity index (χ1v) is 16.2. The van der Waals surface area contributed by atoms with Gasteiger partial charge in [-0.25, -0.2) is 0 Å². The zero-order chi connectivity index (χ0) is 19.0. The Balaban J connectivity index is 3.83. The van der Waals surface area contributed by atoms with Crippen LogP contribution in [0.4, 0.5) is 0 Å². The van der Waals surface area contributed by atoms with Crippen molar-refractivity contribution in [2.24, 2.45) is 0 Å². The molecular weight excluding hydrogens is 334 g/mol. The van der Waals surface area contributed by atoms with Crippen molar-refractivity contribution in [2.45, 2.75) is 117 Å². The van der Waals surface area contributed by atoms with Gasteiger partial charge in [-0.1, -0.05) is 95.6 Å². The standard InChI is InChI=1S/C22H49NSi2/c1-7-10-18-23(19-11-8-2)25(5,6)21-17-15-13-12-14-16-20-24-22(4)9-3/h9H,7-8,10-21,24H2,1-6H3. The first-order chi connectivity index (χ1) is 12.0. The fraction of sp³-hybridized carbons (Fsp3) is 0.909. The van der Waals surface area contributed by atoms with Crippen LogP contribution in [0.15, 0.2) is 11.3 Å². The summed E-state index contributed by atoms with van der Waals surface area (Å²) in [5.74, 6) is 0. The molecular formula is C22H49NSi2. The van der Waals surface area contributed by atoms with Gasteiger partial charge in [0.15, 0.2) is 0 Å². The molecule has 3 heteroatoms. The van der Waals surface area contributed by atoms with Crippen molar-refractivity contribution < 1.29 is 0 Å². The van der Waals surface area contributed by atoms with Gasteiger partial charge in [0.05, 0.1) is 0 Å². The van der Waals surface area contributed by atoms with Crippen molar-refractivity contribution in [3.05, 3.63) is 11.3 Å². The molecule has 0 amide bonds. The van der Waals surface area contributed by atoms with Gasteiger partial charge < -0.3 is 4.57 Å². The molecule has 0 aromatic carbocycles. The van der Waals surface area contributed by atoms with Gasteiger partial charge in [0.25, 0.3) is 0 Å². The SMILES string of the molecule is CC=C(C)[SiH2]CCCCCCCC[Si](C)(C)N(CCCC)CCCC. The highest BCUT2D eigenvalue weighted by molar-refractivity contribution is 6.74. The van der Waals surface area contributed by atoms with Crippen molar-refractivity contribution in [1.29, 1.82) is 0 Å². The molecule has 0 fully saturated rings. The second-order valence-corrected chi connectivity index (χ2v) is 15.7. The van der Waals surface area contributed by atoms with Gasteiger partial charge in [0.1, 0.15) is 8.24 Å². The van der Waals surface area contributed by atoms with E-state index < -0.39 is 8.24 Å². The molecule has 0 saturated carbocycles. The third-order valence-electron chi connectivity index (χ3n) is 5.77. The van der Waals surface area contributed by atoms with E-state index in [1.165, 1.54) is 89.4 Å². The van der Waals surface area contributed by atoms with Crippen molar-refractivity contribution >= 4 is 17.8 Å². The van der Waals surface area contributed by atoms with E-state index in [0.717, 1.165) is 0 Å². The van der Waals surface area contributed by atoms with Crippen LogP contribution in [0.3, 0.4) is 0 Å². The van der Waals surface area contributed by atoms with E-state index in [1.807, 2.05) is 0 Å². The molecule has 0 atom stereocenters. The largest absolute Gasteiger partial charge is 0.324 e. The number of nitrogens with zero attached hydrogens (tertiary/aromatic N) is 1. The smallest absolute Gasteiger partial charge is 0.122 e. The van der Waals surface area contributed by atoms with E-state index in [1.54, 1.807) is 5.20 Å². The zero-order valence-corrected chi connectivity index (χ0v) is 21.0. The summed E-state index contributed by atoms with van der Waals surface area (Å²) < 4.78 is 2.91. The molecule has 0 spiro atoms. The van der Waals surface area contributed by atoms with E-state index >= 15 is 0 Å². The second kappa shape index (κ2) is 16.3. The molecule has 0 aromatic rings. The minimum absolute atomic E-state index is 0.110. The Kier molecular flexibility index (Phi) is 16.4. The lowest BCUT2D eigenvalue weighted by Gasteiger charge is -2.37. The minimum Gasteiger partial charge on any atom is -0.324 e. The summed E-state index contributed by atoms with van der Waals surface area (Å²) >= 11 is 0. The van der Waals surface area contributed by atoms with Gasteiger partial charge in [-0.2, -0.15) is 0 Å². The third-order valence-corrected chi connectivity index (χ3v) is 11.6. The molecule has 0 aliphatic rings. The van der Waals surface area contributed by atoms with Crippen LogP contribution in [0.2, 0.25) is 25.2 Å². The van der Waals surface area contributed by atoms with Crippen molar-refractivity contribution in [3.8, 4) is 0 Å². The summed E-state index contributed by atoms with van der Waals surface area (Å²) in [6, 6.07) is 3.04. The molecule has 0 aromatic heterocycles. The third kappa shape index (κ3) is 13.9.